The van der Waals surface area contributed by atoms with E-state index in [1.54, 1.807) is 0 Å². The predicted octanol–water partition coefficient (Wildman–Crippen LogP) is 5.79. The van der Waals surface area contributed by atoms with Gasteiger partial charge in [0.2, 0.25) is 0 Å². The second-order valence-corrected chi connectivity index (χ2v) is 6.22. The predicted molar refractivity (Wildman–Crippen MR) is 86.6 cm³/mol. The van der Waals surface area contributed by atoms with Gasteiger partial charge in [0.15, 0.2) is 0 Å². The van der Waals surface area contributed by atoms with E-state index in [1.165, 1.54) is 69.8 Å². The summed E-state index contributed by atoms with van der Waals surface area (Å²) in [5.41, 5.74) is 3.18. The molecule has 1 rings (SSSR count). The van der Waals surface area contributed by atoms with Gasteiger partial charge in [-0.05, 0) is 31.3 Å². The van der Waals surface area contributed by atoms with Crippen LogP contribution in [0, 0.1) is 0 Å². The van der Waals surface area contributed by atoms with E-state index in [-0.39, 0.29) is 0 Å². The summed E-state index contributed by atoms with van der Waals surface area (Å²) in [6.07, 6.45) is 13.3. The van der Waals surface area contributed by atoms with Crippen LogP contribution in [-0.2, 0) is 0 Å². The topological polar surface area (TPSA) is 24.7 Å². The molecule has 0 aromatic heterocycles. The fraction of sp³-hybridized carbons (Fsp3) is 0.714. The van der Waals surface area contributed by atoms with Crippen molar-refractivity contribution in [3.05, 3.63) is 23.0 Å². The Labute approximate surface area is 116 Å². The molecule has 1 aliphatic carbocycles. The third kappa shape index (κ3) is 7.39. The third-order valence-electron chi connectivity index (χ3n) is 3.36. The van der Waals surface area contributed by atoms with Crippen molar-refractivity contribution in [3.63, 3.8) is 0 Å². The lowest BCUT2D eigenvalue weighted by Gasteiger charge is -2.08. The van der Waals surface area contributed by atoms with E-state index in [0.717, 1.165) is 5.44 Å². The van der Waals surface area contributed by atoms with Gasteiger partial charge < -0.3 is 0 Å². The second-order valence-electron chi connectivity index (χ2n) is 5.01. The molecular formula is C14H26N2P2. The van der Waals surface area contributed by atoms with Crippen LogP contribution in [0.1, 0.15) is 64.2 Å². The van der Waals surface area contributed by atoms with Crippen LogP contribution in [0.4, 0.5) is 0 Å². The van der Waals surface area contributed by atoms with Crippen molar-refractivity contribution in [1.29, 1.82) is 0 Å². The molecule has 2 atom stereocenters. The molecule has 2 unspecified atom stereocenters. The Morgan fingerprint density at radius 3 is 1.67 bits per heavy atom. The van der Waals surface area contributed by atoms with Crippen molar-refractivity contribution in [2.24, 2.45) is 10.2 Å². The Bertz CT molecular complexity index is 308. The van der Waals surface area contributed by atoms with Gasteiger partial charge in [0.25, 0.3) is 0 Å². The van der Waals surface area contributed by atoms with Crippen molar-refractivity contribution < 1.29 is 0 Å². The lowest BCUT2D eigenvalue weighted by molar-refractivity contribution is 0.585. The largest absolute Gasteiger partial charge is 0.151 e. The van der Waals surface area contributed by atoms with Crippen molar-refractivity contribution in [3.8, 4) is 0 Å². The molecule has 0 aromatic rings. The van der Waals surface area contributed by atoms with E-state index in [1.807, 2.05) is 0 Å². The van der Waals surface area contributed by atoms with Crippen LogP contribution < -0.4 is 0 Å². The first-order chi connectivity index (χ1) is 8.70. The van der Waals surface area contributed by atoms with E-state index in [9.17, 15) is 0 Å². The maximum absolute atomic E-state index is 4.24. The molecule has 1 saturated carbocycles. The molecule has 0 spiro atoms. The highest BCUT2D eigenvalue weighted by atomic mass is 31.0. The fourth-order valence-corrected chi connectivity index (χ4v) is 2.71. The van der Waals surface area contributed by atoms with Crippen LogP contribution in [0.2, 0.25) is 0 Å². The molecule has 0 radical (unpaired) electrons. The minimum absolute atomic E-state index is 0.687. The molecule has 102 valence electrons. The maximum Gasteiger partial charge on any atom is 0.0787 e. The summed E-state index contributed by atoms with van der Waals surface area (Å²) in [5.74, 6) is 0. The van der Waals surface area contributed by atoms with Gasteiger partial charge in [-0.1, -0.05) is 63.6 Å². The molecule has 1 aliphatic rings. The number of allylic oxidation sites excluding steroid dienone is 1. The van der Waals surface area contributed by atoms with Crippen LogP contribution in [0.25, 0.3) is 0 Å². The first-order valence-electron chi connectivity index (χ1n) is 7.04. The van der Waals surface area contributed by atoms with Crippen molar-refractivity contribution in [2.45, 2.75) is 64.2 Å². The van der Waals surface area contributed by atoms with E-state index >= 15 is 0 Å². The molecule has 4 heteroatoms. The summed E-state index contributed by atoms with van der Waals surface area (Å²) in [6, 6.07) is 0. The number of rotatable bonds is 2. The van der Waals surface area contributed by atoms with Crippen molar-refractivity contribution in [2.75, 3.05) is 0 Å². The lowest BCUT2D eigenvalue weighted by atomic mass is 10.0. The smallest absolute Gasteiger partial charge is 0.0787 e. The maximum atomic E-state index is 4.24. The van der Waals surface area contributed by atoms with Crippen LogP contribution in [-0.4, -0.2) is 0 Å². The van der Waals surface area contributed by atoms with Crippen LogP contribution in [0.3, 0.4) is 0 Å². The molecule has 18 heavy (non-hydrogen) atoms. The molecular weight excluding hydrogens is 258 g/mol. The van der Waals surface area contributed by atoms with Gasteiger partial charge in [0, 0.05) is 0 Å². The lowest BCUT2D eigenvalue weighted by Crippen LogP contribution is -1.88. The number of hydrogen-bond acceptors (Lipinski definition) is 2. The second kappa shape index (κ2) is 9.82. The summed E-state index contributed by atoms with van der Waals surface area (Å²) >= 11 is 0. The number of hydrogen-bond donors (Lipinski definition) is 0. The average molecular weight is 284 g/mol. The summed E-state index contributed by atoms with van der Waals surface area (Å²) in [6.45, 7) is 3.72. The number of nitrogens with zero attached hydrogens (tertiary/aromatic N) is 2. The number of azo groups is 1. The minimum Gasteiger partial charge on any atom is -0.151 e. The van der Waals surface area contributed by atoms with E-state index in [2.05, 4.69) is 35.3 Å². The third-order valence-corrected chi connectivity index (χ3v) is 3.99. The summed E-state index contributed by atoms with van der Waals surface area (Å²) in [4.78, 5) is 0. The van der Waals surface area contributed by atoms with Gasteiger partial charge in [0.05, 0.1) is 10.9 Å². The zero-order chi connectivity index (χ0) is 13.2. The monoisotopic (exact) mass is 284 g/mol. The molecule has 2 nitrogen and oxygen atoms in total. The van der Waals surface area contributed by atoms with E-state index in [4.69, 9.17) is 0 Å². The molecule has 0 heterocycles. The fourth-order valence-electron chi connectivity index (χ4n) is 2.31. The quantitative estimate of drug-likeness (QED) is 0.453. The van der Waals surface area contributed by atoms with Crippen LogP contribution in [0.5, 0.6) is 0 Å². The molecule has 0 aliphatic heterocycles. The van der Waals surface area contributed by atoms with E-state index in [0.29, 0.717) is 5.44 Å². The Balaban J connectivity index is 2.61. The summed E-state index contributed by atoms with van der Waals surface area (Å²) in [5, 5.41) is 8.27. The van der Waals surface area contributed by atoms with Crippen molar-refractivity contribution >= 4 is 18.5 Å². The van der Waals surface area contributed by atoms with Crippen LogP contribution in [0.15, 0.2) is 33.3 Å². The summed E-state index contributed by atoms with van der Waals surface area (Å²) in [7, 11) is 5.21. The molecule has 0 bridgehead atoms. The molecule has 0 amide bonds. The van der Waals surface area contributed by atoms with Gasteiger partial charge in [-0.3, -0.25) is 0 Å². The Hall–Kier alpha value is -0.0600. The molecule has 0 aromatic carbocycles. The highest BCUT2D eigenvalue weighted by Crippen LogP contribution is 2.27. The highest BCUT2D eigenvalue weighted by Gasteiger charge is 2.05. The van der Waals surface area contributed by atoms with Gasteiger partial charge >= 0.3 is 0 Å². The normalized spacial score (nSPS) is 19.6. The first-order valence-corrected chi connectivity index (χ1v) is 8.19. The highest BCUT2D eigenvalue weighted by molar-refractivity contribution is 7.22. The molecule has 0 N–H and O–H groups in total. The minimum atomic E-state index is 0.687. The standard InChI is InChI=1S/C14H26N2P2/c1-12(17)15-16-14(18)13-10-8-6-4-2-3-5-7-9-11-13/h1-11,17-18H2. The molecule has 1 fully saturated rings. The average Bonchev–Trinajstić information content (AvgIpc) is 2.40. The van der Waals surface area contributed by atoms with Gasteiger partial charge in [-0.15, -0.1) is 0 Å². The van der Waals surface area contributed by atoms with E-state index < -0.39 is 0 Å². The Morgan fingerprint density at radius 1 is 0.778 bits per heavy atom. The Kier molecular flexibility index (Phi) is 8.72. The van der Waals surface area contributed by atoms with Crippen molar-refractivity contribution in [1.82, 2.24) is 0 Å². The van der Waals surface area contributed by atoms with Gasteiger partial charge in [-0.25, -0.2) is 0 Å². The van der Waals surface area contributed by atoms with Gasteiger partial charge in [-0.2, -0.15) is 10.2 Å². The SMILES string of the molecule is C=C(P)N=NC(P)=C1CCCCCCCCCC1. The molecule has 0 saturated heterocycles. The summed E-state index contributed by atoms with van der Waals surface area (Å²) < 4.78 is 0. The zero-order valence-corrected chi connectivity index (χ0v) is 13.6. The Morgan fingerprint density at radius 2 is 1.22 bits per heavy atom. The first kappa shape index (κ1) is 16.0. The van der Waals surface area contributed by atoms with Gasteiger partial charge in [0.1, 0.15) is 0 Å². The zero-order valence-electron chi connectivity index (χ0n) is 11.3. The van der Waals surface area contributed by atoms with Crippen LogP contribution >= 0.6 is 18.5 Å².